The highest BCUT2D eigenvalue weighted by atomic mass is 16.2. The van der Waals surface area contributed by atoms with Crippen LogP contribution in [0.15, 0.2) is 36.4 Å². The average Bonchev–Trinajstić information content (AvgIpc) is 3.28. The number of aryl methyl sites for hydroxylation is 1. The van der Waals surface area contributed by atoms with Crippen molar-refractivity contribution in [3.05, 3.63) is 47.7 Å². The highest BCUT2D eigenvalue weighted by Gasteiger charge is 2.49. The second kappa shape index (κ2) is 7.89. The zero-order chi connectivity index (χ0) is 20.4. The molecule has 2 amide bonds. The number of nitrogen functional groups attached to an aromatic ring is 1. The fourth-order valence-electron chi connectivity index (χ4n) is 4.66. The second-order valence-corrected chi connectivity index (χ2v) is 8.35. The molecule has 2 aliphatic rings. The summed E-state index contributed by atoms with van der Waals surface area (Å²) in [5, 5.41) is 4.27. The monoisotopic (exact) mass is 395 g/mol. The summed E-state index contributed by atoms with van der Waals surface area (Å²) in [6, 6.07) is 12.0. The topological polar surface area (TPSA) is 84.5 Å². The van der Waals surface area contributed by atoms with Crippen LogP contribution < -0.4 is 5.73 Å². The molecule has 3 heterocycles. The molecule has 1 aromatic carbocycles. The molecule has 2 saturated heterocycles. The Bertz CT molecular complexity index is 894. The van der Waals surface area contributed by atoms with E-state index in [1.807, 2.05) is 34.9 Å². The van der Waals surface area contributed by atoms with Gasteiger partial charge in [0.15, 0.2) is 0 Å². The molecule has 2 aliphatic heterocycles. The number of amides is 2. The first-order valence-electron chi connectivity index (χ1n) is 10.4. The number of hydrogen-bond donors (Lipinski definition) is 1. The predicted octanol–water partition coefficient (Wildman–Crippen LogP) is 1.86. The SMILES string of the molecule is Cc1cc(N)n(CC(=O)N2CC[C@]3(CCCN(CCc4ccccc4)C3=O)C2)n1. The van der Waals surface area contributed by atoms with Crippen LogP contribution in [0.5, 0.6) is 0 Å². The molecule has 4 rings (SSSR count). The second-order valence-electron chi connectivity index (χ2n) is 8.35. The molecule has 7 heteroatoms. The third kappa shape index (κ3) is 3.99. The van der Waals surface area contributed by atoms with Crippen molar-refractivity contribution in [3.8, 4) is 0 Å². The van der Waals surface area contributed by atoms with Crippen LogP contribution >= 0.6 is 0 Å². The molecule has 0 saturated carbocycles. The molecule has 154 valence electrons. The van der Waals surface area contributed by atoms with Gasteiger partial charge in [-0.2, -0.15) is 5.10 Å². The number of nitrogens with two attached hydrogens (primary N) is 1. The van der Waals surface area contributed by atoms with Gasteiger partial charge in [-0.05, 0) is 38.2 Å². The van der Waals surface area contributed by atoms with E-state index >= 15 is 0 Å². The Morgan fingerprint density at radius 2 is 2.00 bits per heavy atom. The van der Waals surface area contributed by atoms with Crippen LogP contribution in [-0.4, -0.2) is 57.6 Å². The van der Waals surface area contributed by atoms with Crippen molar-refractivity contribution in [2.75, 3.05) is 31.9 Å². The molecule has 7 nitrogen and oxygen atoms in total. The van der Waals surface area contributed by atoms with Gasteiger partial charge in [-0.15, -0.1) is 0 Å². The average molecular weight is 396 g/mol. The van der Waals surface area contributed by atoms with Gasteiger partial charge in [-0.1, -0.05) is 30.3 Å². The maximum absolute atomic E-state index is 13.3. The lowest BCUT2D eigenvalue weighted by atomic mass is 9.78. The van der Waals surface area contributed by atoms with Crippen molar-refractivity contribution in [1.82, 2.24) is 19.6 Å². The molecule has 0 aliphatic carbocycles. The van der Waals surface area contributed by atoms with Crippen LogP contribution in [0.3, 0.4) is 0 Å². The quantitative estimate of drug-likeness (QED) is 0.837. The molecule has 1 atom stereocenters. The summed E-state index contributed by atoms with van der Waals surface area (Å²) < 4.78 is 1.54. The number of piperidine rings is 1. The number of hydrogen-bond acceptors (Lipinski definition) is 4. The van der Waals surface area contributed by atoms with Gasteiger partial charge in [0.05, 0.1) is 11.1 Å². The van der Waals surface area contributed by atoms with Crippen molar-refractivity contribution in [2.45, 2.75) is 39.2 Å². The van der Waals surface area contributed by atoms with Crippen LogP contribution in [0.2, 0.25) is 0 Å². The number of nitrogens with zero attached hydrogens (tertiary/aromatic N) is 4. The first-order chi connectivity index (χ1) is 14.0. The number of carbonyl (C=O) groups is 2. The number of anilines is 1. The summed E-state index contributed by atoms with van der Waals surface area (Å²) in [5.74, 6) is 0.681. The smallest absolute Gasteiger partial charge is 0.244 e. The predicted molar refractivity (Wildman–Crippen MR) is 111 cm³/mol. The first-order valence-corrected chi connectivity index (χ1v) is 10.4. The van der Waals surface area contributed by atoms with Crippen molar-refractivity contribution >= 4 is 17.6 Å². The zero-order valence-electron chi connectivity index (χ0n) is 17.0. The fraction of sp³-hybridized carbons (Fsp3) is 0.500. The third-order valence-electron chi connectivity index (χ3n) is 6.26. The van der Waals surface area contributed by atoms with E-state index in [0.717, 1.165) is 44.5 Å². The minimum atomic E-state index is -0.420. The molecule has 1 aromatic heterocycles. The summed E-state index contributed by atoms with van der Waals surface area (Å²) in [6.45, 7) is 4.66. The van der Waals surface area contributed by atoms with Gasteiger partial charge in [0.25, 0.3) is 0 Å². The molecular weight excluding hydrogens is 366 g/mol. The van der Waals surface area contributed by atoms with Crippen LogP contribution in [0, 0.1) is 12.3 Å². The summed E-state index contributed by atoms with van der Waals surface area (Å²) in [7, 11) is 0. The van der Waals surface area contributed by atoms with Gasteiger partial charge in [0.1, 0.15) is 12.4 Å². The molecule has 0 radical (unpaired) electrons. The number of likely N-dealkylation sites (tertiary alicyclic amines) is 2. The lowest BCUT2D eigenvalue weighted by molar-refractivity contribution is -0.146. The molecule has 29 heavy (non-hydrogen) atoms. The van der Waals surface area contributed by atoms with Gasteiger partial charge < -0.3 is 15.5 Å². The van der Waals surface area contributed by atoms with Crippen LogP contribution in [0.4, 0.5) is 5.82 Å². The van der Waals surface area contributed by atoms with Gasteiger partial charge in [0.2, 0.25) is 11.8 Å². The molecule has 1 spiro atoms. The standard InChI is InChI=1S/C22H29N5O2/c1-17-14-19(23)27(24-17)15-20(28)26-13-10-22(16-26)9-5-11-25(21(22)29)12-8-18-6-3-2-4-7-18/h2-4,6-7,14H,5,8-13,15-16,23H2,1H3/t22-/m1/s1. The maximum Gasteiger partial charge on any atom is 0.244 e. The lowest BCUT2D eigenvalue weighted by Gasteiger charge is -2.39. The summed E-state index contributed by atoms with van der Waals surface area (Å²) in [5.41, 5.74) is 7.54. The van der Waals surface area contributed by atoms with Gasteiger partial charge in [-0.3, -0.25) is 9.59 Å². The number of aromatic nitrogens is 2. The van der Waals surface area contributed by atoms with E-state index in [1.165, 1.54) is 10.2 Å². The molecule has 2 fully saturated rings. The largest absolute Gasteiger partial charge is 0.384 e. The van der Waals surface area contributed by atoms with E-state index in [9.17, 15) is 9.59 Å². The molecular formula is C22H29N5O2. The Kier molecular flexibility index (Phi) is 5.30. The van der Waals surface area contributed by atoms with Crippen molar-refractivity contribution in [1.29, 1.82) is 0 Å². The highest BCUT2D eigenvalue weighted by Crippen LogP contribution is 2.40. The lowest BCUT2D eigenvalue weighted by Crippen LogP contribution is -2.51. The van der Waals surface area contributed by atoms with E-state index in [0.29, 0.717) is 18.9 Å². The Morgan fingerprint density at radius 3 is 2.72 bits per heavy atom. The van der Waals surface area contributed by atoms with Gasteiger partial charge in [-0.25, -0.2) is 4.68 Å². The zero-order valence-corrected chi connectivity index (χ0v) is 17.0. The van der Waals surface area contributed by atoms with E-state index in [1.54, 1.807) is 6.07 Å². The van der Waals surface area contributed by atoms with E-state index in [2.05, 4.69) is 17.2 Å². The first kappa shape index (κ1) is 19.5. The third-order valence-corrected chi connectivity index (χ3v) is 6.26. The van der Waals surface area contributed by atoms with Gasteiger partial charge in [0, 0.05) is 32.2 Å². The minimum Gasteiger partial charge on any atom is -0.384 e. The Balaban J connectivity index is 1.38. The van der Waals surface area contributed by atoms with E-state index < -0.39 is 5.41 Å². The number of benzene rings is 1. The summed E-state index contributed by atoms with van der Waals surface area (Å²) in [6.07, 6.45) is 3.46. The normalized spacial score (nSPS) is 21.9. The van der Waals surface area contributed by atoms with Crippen molar-refractivity contribution < 1.29 is 9.59 Å². The molecule has 2 N–H and O–H groups in total. The maximum atomic E-state index is 13.3. The molecule has 0 bridgehead atoms. The van der Waals surface area contributed by atoms with E-state index in [-0.39, 0.29) is 18.4 Å². The number of carbonyl (C=O) groups excluding carboxylic acids is 2. The molecule has 0 unspecified atom stereocenters. The summed E-state index contributed by atoms with van der Waals surface area (Å²) >= 11 is 0. The van der Waals surface area contributed by atoms with Crippen LogP contribution in [-0.2, 0) is 22.6 Å². The highest BCUT2D eigenvalue weighted by molar-refractivity contribution is 5.86. The summed E-state index contributed by atoms with van der Waals surface area (Å²) in [4.78, 5) is 29.9. The Morgan fingerprint density at radius 1 is 1.21 bits per heavy atom. The van der Waals surface area contributed by atoms with Crippen LogP contribution in [0.1, 0.15) is 30.5 Å². The van der Waals surface area contributed by atoms with Gasteiger partial charge >= 0.3 is 0 Å². The van der Waals surface area contributed by atoms with Crippen molar-refractivity contribution in [2.24, 2.45) is 5.41 Å². The minimum absolute atomic E-state index is 0.0223. The molecule has 2 aromatic rings. The van der Waals surface area contributed by atoms with Crippen LogP contribution in [0.25, 0.3) is 0 Å². The fourth-order valence-corrected chi connectivity index (χ4v) is 4.66. The Hall–Kier alpha value is -2.83. The van der Waals surface area contributed by atoms with Crippen molar-refractivity contribution in [3.63, 3.8) is 0 Å². The van der Waals surface area contributed by atoms with E-state index in [4.69, 9.17) is 5.73 Å². The Labute approximate surface area is 171 Å². The number of rotatable bonds is 5.